The summed E-state index contributed by atoms with van der Waals surface area (Å²) in [4.78, 5) is 18.6. The largest absolute Gasteiger partial charge is 0.322 e. The molecular weight excluding hydrogens is 366 g/mol. The van der Waals surface area contributed by atoms with Crippen LogP contribution in [0.15, 0.2) is 60.8 Å². The lowest BCUT2D eigenvalue weighted by molar-refractivity contribution is 0.102. The van der Waals surface area contributed by atoms with Crippen LogP contribution in [-0.4, -0.2) is 15.3 Å². The lowest BCUT2D eigenvalue weighted by atomic mass is 10.0. The molecule has 4 rings (SSSR count). The van der Waals surface area contributed by atoms with Crippen molar-refractivity contribution in [1.29, 1.82) is 0 Å². The number of anilines is 1. The highest BCUT2D eigenvalue weighted by Gasteiger charge is 2.20. The van der Waals surface area contributed by atoms with Crippen molar-refractivity contribution in [3.05, 3.63) is 88.2 Å². The van der Waals surface area contributed by atoms with Crippen LogP contribution in [0.1, 0.15) is 39.1 Å². The zero-order valence-corrected chi connectivity index (χ0v) is 16.7. The topological polar surface area (TPSA) is 54.9 Å². The smallest absolute Gasteiger partial charge is 0.258 e. The Kier molecular flexibility index (Phi) is 5.17. The Morgan fingerprint density at radius 1 is 1.07 bits per heavy atom. The van der Waals surface area contributed by atoms with Crippen LogP contribution in [0, 0.1) is 6.92 Å². The number of aryl methyl sites for hydroxylation is 2. The molecule has 2 heterocycles. The lowest BCUT2D eigenvalue weighted by Crippen LogP contribution is -2.15. The first kappa shape index (κ1) is 18.3. The summed E-state index contributed by atoms with van der Waals surface area (Å²) in [6.45, 7) is 3.97. The van der Waals surface area contributed by atoms with E-state index in [1.807, 2.05) is 55.6 Å². The van der Waals surface area contributed by atoms with Crippen molar-refractivity contribution in [3.63, 3.8) is 0 Å². The van der Waals surface area contributed by atoms with Crippen molar-refractivity contribution < 1.29 is 4.79 Å². The molecule has 0 fully saturated rings. The van der Waals surface area contributed by atoms with Crippen LogP contribution >= 0.6 is 11.5 Å². The minimum atomic E-state index is -0.109. The predicted octanol–water partition coefficient (Wildman–Crippen LogP) is 5.41. The number of amides is 1. The summed E-state index contributed by atoms with van der Waals surface area (Å²) in [5.41, 5.74) is 4.35. The lowest BCUT2D eigenvalue weighted by Gasteiger charge is -2.11. The highest BCUT2D eigenvalue weighted by molar-refractivity contribution is 7.06. The molecule has 2 aromatic carbocycles. The van der Waals surface area contributed by atoms with Crippen LogP contribution in [-0.2, 0) is 12.8 Å². The normalized spacial score (nSPS) is 10.9. The van der Waals surface area contributed by atoms with Crippen LogP contribution in [0.5, 0.6) is 0 Å². The molecule has 0 bridgehead atoms. The monoisotopic (exact) mass is 387 g/mol. The van der Waals surface area contributed by atoms with E-state index in [2.05, 4.69) is 33.7 Å². The van der Waals surface area contributed by atoms with E-state index in [-0.39, 0.29) is 5.91 Å². The summed E-state index contributed by atoms with van der Waals surface area (Å²) >= 11 is 1.38. The van der Waals surface area contributed by atoms with Gasteiger partial charge in [0.15, 0.2) is 0 Å². The van der Waals surface area contributed by atoms with Crippen LogP contribution in [0.4, 0.5) is 5.69 Å². The van der Waals surface area contributed by atoms with Crippen LogP contribution in [0.25, 0.3) is 10.8 Å². The predicted molar refractivity (Wildman–Crippen MR) is 115 cm³/mol. The van der Waals surface area contributed by atoms with Gasteiger partial charge in [-0.1, -0.05) is 49.4 Å². The van der Waals surface area contributed by atoms with Gasteiger partial charge in [-0.15, -0.1) is 0 Å². The number of pyridine rings is 1. The molecule has 4 aromatic rings. The molecule has 1 amide bonds. The van der Waals surface area contributed by atoms with Gasteiger partial charge in [0.2, 0.25) is 0 Å². The second-order valence-electron chi connectivity index (χ2n) is 6.69. The van der Waals surface area contributed by atoms with Crippen LogP contribution in [0.2, 0.25) is 0 Å². The number of hydrogen-bond acceptors (Lipinski definition) is 4. The number of carbonyl (C=O) groups is 1. The van der Waals surface area contributed by atoms with Gasteiger partial charge in [-0.2, -0.15) is 4.37 Å². The maximum atomic E-state index is 13.1. The molecule has 0 aliphatic heterocycles. The molecule has 0 aliphatic rings. The Morgan fingerprint density at radius 2 is 1.86 bits per heavy atom. The summed E-state index contributed by atoms with van der Waals surface area (Å²) in [5.74, 6) is -0.109. The number of aromatic nitrogens is 2. The maximum absolute atomic E-state index is 13.1. The molecule has 140 valence electrons. The third-order valence-electron chi connectivity index (χ3n) is 4.89. The fourth-order valence-corrected chi connectivity index (χ4v) is 4.31. The fraction of sp³-hybridized carbons (Fsp3) is 0.174. The van der Waals surface area contributed by atoms with E-state index < -0.39 is 0 Å². The fourth-order valence-electron chi connectivity index (χ4n) is 3.44. The number of rotatable bonds is 5. The highest BCUT2D eigenvalue weighted by atomic mass is 32.1. The van der Waals surface area contributed by atoms with Crippen molar-refractivity contribution in [3.8, 4) is 0 Å². The second-order valence-corrected chi connectivity index (χ2v) is 7.54. The molecule has 2 aromatic heterocycles. The van der Waals surface area contributed by atoms with E-state index in [1.165, 1.54) is 11.5 Å². The van der Waals surface area contributed by atoms with E-state index in [0.717, 1.165) is 44.7 Å². The summed E-state index contributed by atoms with van der Waals surface area (Å²) < 4.78 is 4.45. The number of fused-ring (bicyclic) bond motifs is 1. The Labute approximate surface area is 168 Å². The van der Waals surface area contributed by atoms with E-state index >= 15 is 0 Å². The zero-order valence-electron chi connectivity index (χ0n) is 15.9. The summed E-state index contributed by atoms with van der Waals surface area (Å²) in [5, 5.41) is 5.33. The van der Waals surface area contributed by atoms with Crippen molar-refractivity contribution in [2.75, 3.05) is 5.32 Å². The first-order chi connectivity index (χ1) is 13.7. The van der Waals surface area contributed by atoms with E-state index in [0.29, 0.717) is 12.0 Å². The molecule has 0 radical (unpaired) electrons. The van der Waals surface area contributed by atoms with Gasteiger partial charge in [-0.3, -0.25) is 9.78 Å². The number of para-hydroxylation sites is 1. The summed E-state index contributed by atoms with van der Waals surface area (Å²) in [6, 6.07) is 18.1. The van der Waals surface area contributed by atoms with Gasteiger partial charge < -0.3 is 5.32 Å². The molecule has 28 heavy (non-hydrogen) atoms. The van der Waals surface area contributed by atoms with Gasteiger partial charge in [0.05, 0.1) is 17.0 Å². The molecule has 5 heteroatoms. The van der Waals surface area contributed by atoms with Crippen molar-refractivity contribution in [2.24, 2.45) is 0 Å². The summed E-state index contributed by atoms with van der Waals surface area (Å²) in [6.07, 6.45) is 3.28. The Balaban J connectivity index is 1.67. The van der Waals surface area contributed by atoms with Gasteiger partial charge in [-0.05, 0) is 48.0 Å². The number of hydrogen-bond donors (Lipinski definition) is 1. The molecule has 0 unspecified atom stereocenters. The molecule has 0 aliphatic carbocycles. The average molecular weight is 388 g/mol. The van der Waals surface area contributed by atoms with Gasteiger partial charge >= 0.3 is 0 Å². The zero-order chi connectivity index (χ0) is 19.5. The van der Waals surface area contributed by atoms with Crippen molar-refractivity contribution in [1.82, 2.24) is 9.36 Å². The first-order valence-electron chi connectivity index (χ1n) is 9.34. The Bertz CT molecular complexity index is 1140. The minimum Gasteiger partial charge on any atom is -0.322 e. The molecule has 0 saturated heterocycles. The van der Waals surface area contributed by atoms with Crippen LogP contribution in [0.3, 0.4) is 0 Å². The maximum Gasteiger partial charge on any atom is 0.258 e. The van der Waals surface area contributed by atoms with Crippen LogP contribution < -0.4 is 5.32 Å². The van der Waals surface area contributed by atoms with E-state index in [1.54, 1.807) is 0 Å². The van der Waals surface area contributed by atoms with E-state index in [4.69, 9.17) is 0 Å². The van der Waals surface area contributed by atoms with Gasteiger partial charge in [0.25, 0.3) is 5.91 Å². The Morgan fingerprint density at radius 3 is 2.71 bits per heavy atom. The van der Waals surface area contributed by atoms with Crippen molar-refractivity contribution in [2.45, 2.75) is 26.7 Å². The molecule has 0 spiro atoms. The summed E-state index contributed by atoms with van der Waals surface area (Å²) in [7, 11) is 0. The molecule has 0 saturated carbocycles. The number of carbonyl (C=O) groups excluding carboxylic acids is 1. The average Bonchev–Trinajstić information content (AvgIpc) is 3.09. The van der Waals surface area contributed by atoms with Gasteiger partial charge in [-0.25, -0.2) is 0 Å². The van der Waals surface area contributed by atoms with Gasteiger partial charge in [0, 0.05) is 28.6 Å². The van der Waals surface area contributed by atoms with E-state index in [9.17, 15) is 4.79 Å². The number of nitrogens with zero attached hydrogens (tertiary/aromatic N) is 2. The van der Waals surface area contributed by atoms with Gasteiger partial charge in [0.1, 0.15) is 0 Å². The third kappa shape index (κ3) is 3.53. The molecule has 0 atom stereocenters. The number of benzene rings is 2. The molecule has 1 N–H and O–H groups in total. The second kappa shape index (κ2) is 7.90. The van der Waals surface area contributed by atoms with Crippen molar-refractivity contribution >= 4 is 33.9 Å². The molecular formula is C23H21N3OS. The third-order valence-corrected chi connectivity index (χ3v) is 5.83. The minimum absolute atomic E-state index is 0.109. The highest BCUT2D eigenvalue weighted by Crippen LogP contribution is 2.26. The standard InChI is InChI=1S/C23H21N3OS/c1-3-16-8-5-7-11-19(16)25-23(27)22-15(2)26-28-21(22)14-20-18-10-6-4-9-17(18)12-13-24-20/h4-13H,3,14H2,1-2H3,(H,25,27). The SMILES string of the molecule is CCc1ccccc1NC(=O)c1c(C)nsc1Cc1nccc2ccccc12. The quantitative estimate of drug-likeness (QED) is 0.498. The number of nitrogens with one attached hydrogen (secondary N) is 1. The first-order valence-corrected chi connectivity index (χ1v) is 10.1. The molecule has 4 nitrogen and oxygen atoms in total. The Hall–Kier alpha value is -3.05.